The molecule has 2 aromatic rings. The van der Waals surface area contributed by atoms with E-state index in [1.165, 1.54) is 13.0 Å². The van der Waals surface area contributed by atoms with Gasteiger partial charge in [-0.25, -0.2) is 9.97 Å². The molecule has 1 fully saturated rings. The summed E-state index contributed by atoms with van der Waals surface area (Å²) in [6.45, 7) is 6.58. The number of halogens is 1. The van der Waals surface area contributed by atoms with Crippen LogP contribution in [-0.2, 0) is 6.54 Å². The van der Waals surface area contributed by atoms with Crippen molar-refractivity contribution in [3.63, 3.8) is 0 Å². The Labute approximate surface area is 120 Å². The number of hydrogen-bond acceptors (Lipinski definition) is 4. The van der Waals surface area contributed by atoms with E-state index in [-0.39, 0.29) is 0 Å². The highest BCUT2D eigenvalue weighted by atomic mass is 79.9. The Morgan fingerprint density at radius 2 is 2.37 bits per heavy atom. The van der Waals surface area contributed by atoms with Crippen LogP contribution in [0.2, 0.25) is 0 Å². The van der Waals surface area contributed by atoms with Crippen molar-refractivity contribution in [3.05, 3.63) is 16.7 Å². The van der Waals surface area contributed by atoms with Crippen molar-refractivity contribution in [2.24, 2.45) is 5.92 Å². The zero-order valence-electron chi connectivity index (χ0n) is 11.0. The minimum Gasteiger partial charge on any atom is -0.369 e. The minimum atomic E-state index is 0.565. The molecule has 19 heavy (non-hydrogen) atoms. The van der Waals surface area contributed by atoms with Gasteiger partial charge in [0.2, 0.25) is 5.95 Å². The lowest BCUT2D eigenvalue weighted by atomic mass is 10.1. The van der Waals surface area contributed by atoms with E-state index >= 15 is 0 Å². The molecule has 102 valence electrons. The van der Waals surface area contributed by atoms with Crippen LogP contribution in [0, 0.1) is 5.92 Å². The molecule has 5 nitrogen and oxygen atoms in total. The zero-order chi connectivity index (χ0) is 13.4. The largest absolute Gasteiger partial charge is 0.369 e. The van der Waals surface area contributed by atoms with Crippen molar-refractivity contribution < 1.29 is 0 Å². The van der Waals surface area contributed by atoms with E-state index in [4.69, 9.17) is 5.73 Å². The Bertz CT molecular complexity index is 594. The Hall–Kier alpha value is -1.14. The molecule has 0 radical (unpaired) electrons. The summed E-state index contributed by atoms with van der Waals surface area (Å²) in [6, 6.07) is 1.96. The molecular weight excluding hydrogens is 306 g/mol. The summed E-state index contributed by atoms with van der Waals surface area (Å²) < 4.78 is 2.98. The van der Waals surface area contributed by atoms with Gasteiger partial charge in [-0.15, -0.1) is 0 Å². The van der Waals surface area contributed by atoms with Crippen LogP contribution in [0.4, 0.5) is 5.95 Å². The van der Waals surface area contributed by atoms with Gasteiger partial charge in [-0.2, -0.15) is 0 Å². The number of rotatable bonds is 3. The highest BCUT2D eigenvalue weighted by molar-refractivity contribution is 9.10. The molecule has 0 aliphatic carbocycles. The highest BCUT2D eigenvalue weighted by Crippen LogP contribution is 2.24. The third-order valence-electron chi connectivity index (χ3n) is 3.84. The van der Waals surface area contributed by atoms with Crippen LogP contribution < -0.4 is 5.73 Å². The molecule has 1 saturated heterocycles. The van der Waals surface area contributed by atoms with Crippen LogP contribution in [0.5, 0.6) is 0 Å². The molecule has 2 N–H and O–H groups in total. The third-order valence-corrected chi connectivity index (χ3v) is 4.27. The second-order valence-corrected chi connectivity index (χ2v) is 6.04. The molecule has 3 heterocycles. The topological polar surface area (TPSA) is 60.0 Å². The molecule has 0 saturated carbocycles. The predicted molar refractivity (Wildman–Crippen MR) is 79.9 cm³/mol. The van der Waals surface area contributed by atoms with Gasteiger partial charge in [0.25, 0.3) is 0 Å². The summed E-state index contributed by atoms with van der Waals surface area (Å²) in [4.78, 5) is 11.3. The second-order valence-electron chi connectivity index (χ2n) is 5.12. The van der Waals surface area contributed by atoms with Crippen molar-refractivity contribution in [3.8, 4) is 0 Å². The van der Waals surface area contributed by atoms with Gasteiger partial charge in [-0.1, -0.05) is 6.92 Å². The number of aromatic nitrogens is 3. The number of anilines is 1. The fourth-order valence-corrected chi connectivity index (χ4v) is 3.11. The second kappa shape index (κ2) is 5.09. The van der Waals surface area contributed by atoms with Crippen molar-refractivity contribution in [1.29, 1.82) is 0 Å². The standard InChI is InChI=1S/C13H18BrN5/c1-2-18-4-3-9(7-18)8-19-12-11(17-13(19)15)5-10(14)6-16-12/h5-6,9H,2-4,7-8H2,1H3,(H2,15,17). The van der Waals surface area contributed by atoms with Crippen molar-refractivity contribution in [2.75, 3.05) is 25.4 Å². The van der Waals surface area contributed by atoms with Crippen molar-refractivity contribution in [1.82, 2.24) is 19.4 Å². The number of imidazole rings is 1. The number of nitrogen functional groups attached to an aromatic ring is 1. The summed E-state index contributed by atoms with van der Waals surface area (Å²) >= 11 is 3.41. The van der Waals surface area contributed by atoms with Crippen LogP contribution in [0.25, 0.3) is 11.2 Å². The van der Waals surface area contributed by atoms with Gasteiger partial charge in [-0.3, -0.25) is 4.57 Å². The molecule has 2 aromatic heterocycles. The maximum atomic E-state index is 6.03. The molecule has 0 bridgehead atoms. The lowest BCUT2D eigenvalue weighted by molar-refractivity contribution is 0.334. The summed E-state index contributed by atoms with van der Waals surface area (Å²) in [5, 5.41) is 0. The van der Waals surface area contributed by atoms with Gasteiger partial charge in [0, 0.05) is 23.8 Å². The minimum absolute atomic E-state index is 0.565. The molecule has 1 aliphatic heterocycles. The van der Waals surface area contributed by atoms with Crippen molar-refractivity contribution >= 4 is 33.0 Å². The van der Waals surface area contributed by atoms with Crippen LogP contribution in [-0.4, -0.2) is 39.1 Å². The Kier molecular flexibility index (Phi) is 3.45. The normalized spacial score (nSPS) is 20.4. The maximum absolute atomic E-state index is 6.03. The molecule has 0 aromatic carbocycles. The van der Waals surface area contributed by atoms with Gasteiger partial charge in [0.05, 0.1) is 0 Å². The first-order valence-corrected chi connectivity index (χ1v) is 7.46. The van der Waals surface area contributed by atoms with Gasteiger partial charge in [0.15, 0.2) is 5.65 Å². The van der Waals surface area contributed by atoms with Gasteiger partial charge < -0.3 is 10.6 Å². The van der Waals surface area contributed by atoms with E-state index in [2.05, 4.69) is 37.7 Å². The van der Waals surface area contributed by atoms with E-state index < -0.39 is 0 Å². The lowest BCUT2D eigenvalue weighted by Crippen LogP contribution is -2.21. The Morgan fingerprint density at radius 1 is 1.53 bits per heavy atom. The summed E-state index contributed by atoms with van der Waals surface area (Å²) in [5.41, 5.74) is 7.78. The average Bonchev–Trinajstić information content (AvgIpc) is 2.95. The number of nitrogens with zero attached hydrogens (tertiary/aromatic N) is 4. The summed E-state index contributed by atoms with van der Waals surface area (Å²) in [7, 11) is 0. The first-order valence-electron chi connectivity index (χ1n) is 6.67. The zero-order valence-corrected chi connectivity index (χ0v) is 12.6. The molecule has 1 unspecified atom stereocenters. The van der Waals surface area contributed by atoms with Crippen molar-refractivity contribution in [2.45, 2.75) is 19.9 Å². The number of fused-ring (bicyclic) bond motifs is 1. The van der Waals surface area contributed by atoms with Gasteiger partial charge in [-0.05, 0) is 47.4 Å². The third kappa shape index (κ3) is 2.47. The maximum Gasteiger partial charge on any atom is 0.202 e. The summed E-state index contributed by atoms with van der Waals surface area (Å²) in [6.07, 6.45) is 3.02. The number of hydrogen-bond donors (Lipinski definition) is 1. The highest BCUT2D eigenvalue weighted by Gasteiger charge is 2.23. The Morgan fingerprint density at radius 3 is 3.11 bits per heavy atom. The van der Waals surface area contributed by atoms with Gasteiger partial charge in [0.1, 0.15) is 5.52 Å². The Balaban J connectivity index is 1.86. The van der Waals surface area contributed by atoms with E-state index in [0.717, 1.165) is 35.3 Å². The van der Waals surface area contributed by atoms with Crippen LogP contribution in [0.3, 0.4) is 0 Å². The van der Waals surface area contributed by atoms with Gasteiger partial charge >= 0.3 is 0 Å². The first-order chi connectivity index (χ1) is 9.17. The molecule has 1 atom stereocenters. The smallest absolute Gasteiger partial charge is 0.202 e. The SMILES string of the molecule is CCN1CCC(Cn2c(N)nc3cc(Br)cnc32)C1. The van der Waals surface area contributed by atoms with Crippen LogP contribution in [0.15, 0.2) is 16.7 Å². The predicted octanol–water partition coefficient (Wildman–Crippen LogP) is 2.12. The molecule has 0 amide bonds. The molecule has 6 heteroatoms. The van der Waals surface area contributed by atoms with E-state index in [0.29, 0.717) is 11.9 Å². The molecular formula is C13H18BrN5. The fraction of sp³-hybridized carbons (Fsp3) is 0.538. The average molecular weight is 324 g/mol. The molecule has 1 aliphatic rings. The number of pyridine rings is 1. The van der Waals surface area contributed by atoms with Crippen LogP contribution >= 0.6 is 15.9 Å². The molecule has 0 spiro atoms. The lowest BCUT2D eigenvalue weighted by Gasteiger charge is -2.14. The van der Waals surface area contributed by atoms with E-state index in [1.54, 1.807) is 6.20 Å². The number of nitrogens with two attached hydrogens (primary N) is 1. The fourth-order valence-electron chi connectivity index (χ4n) is 2.79. The number of likely N-dealkylation sites (tertiary alicyclic amines) is 1. The summed E-state index contributed by atoms with van der Waals surface area (Å²) in [5.74, 6) is 1.21. The first kappa shape index (κ1) is 12.9. The molecule has 3 rings (SSSR count). The quantitative estimate of drug-likeness (QED) is 0.939. The monoisotopic (exact) mass is 323 g/mol. The van der Waals surface area contributed by atoms with E-state index in [1.807, 2.05) is 10.6 Å². The van der Waals surface area contributed by atoms with Crippen LogP contribution in [0.1, 0.15) is 13.3 Å². The van der Waals surface area contributed by atoms with E-state index in [9.17, 15) is 0 Å².